The summed E-state index contributed by atoms with van der Waals surface area (Å²) in [6, 6.07) is 8.22. The zero-order chi connectivity index (χ0) is 15.3. The lowest BCUT2D eigenvalue weighted by Crippen LogP contribution is -2.50. The molecule has 0 saturated heterocycles. The normalized spacial score (nSPS) is 25.4. The van der Waals surface area contributed by atoms with Crippen molar-refractivity contribution in [2.24, 2.45) is 5.92 Å². The molecule has 1 aromatic carbocycles. The van der Waals surface area contributed by atoms with Crippen LogP contribution in [-0.2, 0) is 9.53 Å². The lowest BCUT2D eigenvalue weighted by molar-refractivity contribution is -0.150. The number of esters is 1. The zero-order valence-electron chi connectivity index (χ0n) is 13.4. The molecule has 1 aliphatic carbocycles. The van der Waals surface area contributed by atoms with Crippen LogP contribution in [0.5, 0.6) is 0 Å². The molecule has 0 bridgehead atoms. The van der Waals surface area contributed by atoms with Gasteiger partial charge in [0.1, 0.15) is 5.54 Å². The smallest absolute Gasteiger partial charge is 0.331 e. The number of carbonyl (C=O) groups excluding carboxylic acids is 1. The maximum atomic E-state index is 12.6. The molecule has 21 heavy (non-hydrogen) atoms. The monoisotopic (exact) mass is 289 g/mol. The highest BCUT2D eigenvalue weighted by Gasteiger charge is 2.43. The topological polar surface area (TPSA) is 38.3 Å². The molecule has 2 unspecified atom stereocenters. The highest BCUT2D eigenvalue weighted by Crippen LogP contribution is 2.37. The molecule has 1 fully saturated rings. The van der Waals surface area contributed by atoms with Crippen LogP contribution in [0.25, 0.3) is 0 Å². The van der Waals surface area contributed by atoms with E-state index in [1.807, 2.05) is 19.1 Å². The minimum Gasteiger partial charge on any atom is -0.464 e. The van der Waals surface area contributed by atoms with E-state index in [9.17, 15) is 4.79 Å². The van der Waals surface area contributed by atoms with Crippen LogP contribution in [0, 0.1) is 12.8 Å². The van der Waals surface area contributed by atoms with Crippen LogP contribution in [0.2, 0.25) is 0 Å². The predicted molar refractivity (Wildman–Crippen MR) is 86.4 cm³/mol. The van der Waals surface area contributed by atoms with Gasteiger partial charge in [-0.1, -0.05) is 38.3 Å². The summed E-state index contributed by atoms with van der Waals surface area (Å²) in [5.41, 5.74) is 1.66. The number of anilines is 1. The number of rotatable bonds is 5. The molecule has 0 aliphatic heterocycles. The summed E-state index contributed by atoms with van der Waals surface area (Å²) in [4.78, 5) is 12.6. The van der Waals surface area contributed by atoms with Crippen molar-refractivity contribution in [1.82, 2.24) is 0 Å². The van der Waals surface area contributed by atoms with Gasteiger partial charge in [0.15, 0.2) is 0 Å². The number of carbonyl (C=O) groups is 1. The standard InChI is InChI=1S/C18H27NO2/c1-4-15-9-7-11-18(13-15,17(20)21-5-2)19-16-10-6-8-14(3)12-16/h6,8,10,12,15,19H,4-5,7,9,11,13H2,1-3H3. The van der Waals surface area contributed by atoms with Gasteiger partial charge in [-0.25, -0.2) is 4.79 Å². The van der Waals surface area contributed by atoms with Gasteiger partial charge in [-0.3, -0.25) is 0 Å². The molecular formula is C18H27NO2. The van der Waals surface area contributed by atoms with Crippen molar-refractivity contribution < 1.29 is 9.53 Å². The van der Waals surface area contributed by atoms with Gasteiger partial charge in [0.25, 0.3) is 0 Å². The highest BCUT2D eigenvalue weighted by atomic mass is 16.5. The third-order valence-electron chi connectivity index (χ3n) is 4.50. The number of aryl methyl sites for hydroxylation is 1. The summed E-state index contributed by atoms with van der Waals surface area (Å²) in [6.07, 6.45) is 5.15. The molecule has 3 nitrogen and oxygen atoms in total. The van der Waals surface area contributed by atoms with E-state index in [4.69, 9.17) is 4.74 Å². The van der Waals surface area contributed by atoms with Gasteiger partial charge in [0.2, 0.25) is 0 Å². The first-order chi connectivity index (χ1) is 10.1. The Bertz CT molecular complexity index is 486. The van der Waals surface area contributed by atoms with Crippen LogP contribution in [0.1, 0.15) is 51.5 Å². The van der Waals surface area contributed by atoms with Crippen LogP contribution in [0.4, 0.5) is 5.69 Å². The van der Waals surface area contributed by atoms with Crippen LogP contribution in [0.15, 0.2) is 24.3 Å². The van der Waals surface area contributed by atoms with Gasteiger partial charge in [0, 0.05) is 5.69 Å². The molecule has 1 saturated carbocycles. The van der Waals surface area contributed by atoms with Gasteiger partial charge >= 0.3 is 5.97 Å². The second kappa shape index (κ2) is 6.97. The summed E-state index contributed by atoms with van der Waals surface area (Å²) in [5, 5.41) is 3.51. The molecule has 2 atom stereocenters. The number of nitrogens with one attached hydrogen (secondary N) is 1. The van der Waals surface area contributed by atoms with Gasteiger partial charge in [-0.2, -0.15) is 0 Å². The lowest BCUT2D eigenvalue weighted by atomic mass is 9.74. The molecule has 1 aromatic rings. The Balaban J connectivity index is 2.25. The largest absolute Gasteiger partial charge is 0.464 e. The fourth-order valence-corrected chi connectivity index (χ4v) is 3.36. The first-order valence-electron chi connectivity index (χ1n) is 8.11. The van der Waals surface area contributed by atoms with Gasteiger partial charge in [-0.05, 0) is 50.3 Å². The second-order valence-electron chi connectivity index (χ2n) is 6.17. The van der Waals surface area contributed by atoms with Crippen LogP contribution in [-0.4, -0.2) is 18.1 Å². The quantitative estimate of drug-likeness (QED) is 0.821. The third kappa shape index (κ3) is 3.78. The minimum atomic E-state index is -0.553. The lowest BCUT2D eigenvalue weighted by Gasteiger charge is -2.40. The van der Waals surface area contributed by atoms with Crippen LogP contribution in [0.3, 0.4) is 0 Å². The van der Waals surface area contributed by atoms with Crippen molar-refractivity contribution in [3.05, 3.63) is 29.8 Å². The van der Waals surface area contributed by atoms with Crippen molar-refractivity contribution in [3.8, 4) is 0 Å². The molecule has 0 aromatic heterocycles. The van der Waals surface area contributed by atoms with Crippen LogP contribution >= 0.6 is 0 Å². The molecule has 3 heteroatoms. The maximum Gasteiger partial charge on any atom is 0.331 e. The molecule has 116 valence electrons. The molecule has 2 rings (SSSR count). The average molecular weight is 289 g/mol. The Morgan fingerprint density at radius 2 is 2.24 bits per heavy atom. The molecule has 0 radical (unpaired) electrons. The van der Waals surface area contributed by atoms with E-state index in [0.717, 1.165) is 31.4 Å². The number of benzene rings is 1. The first-order valence-corrected chi connectivity index (χ1v) is 8.11. The van der Waals surface area contributed by atoms with Crippen LogP contribution < -0.4 is 5.32 Å². The number of ether oxygens (including phenoxy) is 1. The summed E-state index contributed by atoms with van der Waals surface area (Å²) in [7, 11) is 0. The second-order valence-corrected chi connectivity index (χ2v) is 6.17. The van der Waals surface area contributed by atoms with Gasteiger partial charge < -0.3 is 10.1 Å². The Labute approximate surface area is 128 Å². The van der Waals surface area contributed by atoms with E-state index >= 15 is 0 Å². The molecule has 0 spiro atoms. The van der Waals surface area contributed by atoms with E-state index in [2.05, 4.69) is 31.3 Å². The molecule has 0 amide bonds. The van der Waals surface area contributed by atoms with Crippen molar-refractivity contribution in [2.45, 2.75) is 58.4 Å². The average Bonchev–Trinajstić information content (AvgIpc) is 2.47. The van der Waals surface area contributed by atoms with Crippen molar-refractivity contribution in [3.63, 3.8) is 0 Å². The van der Waals surface area contributed by atoms with E-state index in [1.54, 1.807) is 0 Å². The zero-order valence-corrected chi connectivity index (χ0v) is 13.4. The fourth-order valence-electron chi connectivity index (χ4n) is 3.36. The summed E-state index contributed by atoms with van der Waals surface area (Å²) in [6.45, 7) is 6.59. The summed E-state index contributed by atoms with van der Waals surface area (Å²) in [5.74, 6) is 0.505. The predicted octanol–water partition coefficient (Wildman–Crippen LogP) is 4.31. The fraction of sp³-hybridized carbons (Fsp3) is 0.611. The van der Waals surface area contributed by atoms with Crippen molar-refractivity contribution in [1.29, 1.82) is 0 Å². The van der Waals surface area contributed by atoms with Gasteiger partial charge in [-0.15, -0.1) is 0 Å². The summed E-state index contributed by atoms with van der Waals surface area (Å²) < 4.78 is 5.38. The highest BCUT2D eigenvalue weighted by molar-refractivity contribution is 5.84. The molecule has 1 N–H and O–H groups in total. The molecule has 1 aliphatic rings. The maximum absolute atomic E-state index is 12.6. The number of hydrogen-bond donors (Lipinski definition) is 1. The Morgan fingerprint density at radius 1 is 1.43 bits per heavy atom. The molecular weight excluding hydrogens is 262 g/mol. The Morgan fingerprint density at radius 3 is 2.90 bits per heavy atom. The Hall–Kier alpha value is -1.51. The van der Waals surface area contributed by atoms with E-state index in [-0.39, 0.29) is 5.97 Å². The molecule has 0 heterocycles. The van der Waals surface area contributed by atoms with Crippen molar-refractivity contribution >= 4 is 11.7 Å². The van der Waals surface area contributed by atoms with E-state index in [1.165, 1.54) is 12.0 Å². The third-order valence-corrected chi connectivity index (χ3v) is 4.50. The minimum absolute atomic E-state index is 0.0929. The van der Waals surface area contributed by atoms with Gasteiger partial charge in [0.05, 0.1) is 6.61 Å². The van der Waals surface area contributed by atoms with E-state index in [0.29, 0.717) is 12.5 Å². The van der Waals surface area contributed by atoms with Crippen molar-refractivity contribution in [2.75, 3.05) is 11.9 Å². The summed E-state index contributed by atoms with van der Waals surface area (Å²) >= 11 is 0. The number of hydrogen-bond acceptors (Lipinski definition) is 3. The SMILES string of the molecule is CCOC(=O)C1(Nc2cccc(C)c2)CCCC(CC)C1. The van der Waals surface area contributed by atoms with E-state index < -0.39 is 5.54 Å². The Kier molecular flexibility index (Phi) is 5.27. The first kappa shape index (κ1) is 15.9.